The summed E-state index contributed by atoms with van der Waals surface area (Å²) in [6.45, 7) is 5.02. The Hall–Kier alpha value is -4.48. The lowest BCUT2D eigenvalue weighted by atomic mass is 9.86. The van der Waals surface area contributed by atoms with E-state index >= 15 is 0 Å². The van der Waals surface area contributed by atoms with E-state index in [0.717, 1.165) is 55.7 Å². The monoisotopic (exact) mass is 674 g/mol. The third kappa shape index (κ3) is 6.25. The molecule has 2 aliphatic rings. The van der Waals surface area contributed by atoms with Gasteiger partial charge in [-0.05, 0) is 75.6 Å². The molecule has 0 saturated heterocycles. The summed E-state index contributed by atoms with van der Waals surface area (Å²) in [5.74, 6) is -3.52. The molecule has 2 aliphatic carbocycles. The van der Waals surface area contributed by atoms with Gasteiger partial charge in [0.2, 0.25) is 11.8 Å². The Bertz CT molecular complexity index is 2100. The van der Waals surface area contributed by atoms with E-state index in [1.165, 1.54) is 0 Å². The summed E-state index contributed by atoms with van der Waals surface area (Å²) >= 11 is 0. The van der Waals surface area contributed by atoms with Gasteiger partial charge in [0.25, 0.3) is 0 Å². The molecular weight excluding hydrogens is 636 g/mol. The number of hydrogen-bond acceptors (Lipinski definition) is 6. The average molecular weight is 675 g/mol. The molecule has 0 aromatic carbocycles. The summed E-state index contributed by atoms with van der Waals surface area (Å²) in [7, 11) is 0. The van der Waals surface area contributed by atoms with Crippen LogP contribution in [-0.2, 0) is 19.5 Å². The second-order valence-electron chi connectivity index (χ2n) is 14.1. The molecule has 0 N–H and O–H groups in total. The van der Waals surface area contributed by atoms with Crippen molar-refractivity contribution in [2.75, 3.05) is 0 Å². The first-order valence-electron chi connectivity index (χ1n) is 17.1. The van der Waals surface area contributed by atoms with E-state index < -0.39 is 11.8 Å². The summed E-state index contributed by atoms with van der Waals surface area (Å²) in [6.07, 6.45) is 9.26. The summed E-state index contributed by atoms with van der Waals surface area (Å²) in [4.78, 5) is 9.52. The molecule has 0 spiro atoms. The number of aryl methyl sites for hydroxylation is 2. The van der Waals surface area contributed by atoms with E-state index in [2.05, 4.69) is 31.6 Å². The van der Waals surface area contributed by atoms with Gasteiger partial charge in [0.1, 0.15) is 11.5 Å². The van der Waals surface area contributed by atoms with Crippen molar-refractivity contribution in [1.29, 1.82) is 0 Å². The second-order valence-corrected chi connectivity index (χ2v) is 14.1. The standard InChI is InChI=1S/C37H38F4N6O2/c1-22-35(23(2)48-45-22)27-14-33-31(43-18-27)15-28(47(33)21-25-5-10-37(40,41)11-6-25)16-34-29(19-44-49-34)26-13-32-30(42-17-26)7-12-46(32)20-24-3-8-36(38,39)9-4-24/h7,12-15,17-19,24-25H,3-6,8-11,16,20-21H2,1-2H3. The van der Waals surface area contributed by atoms with Gasteiger partial charge in [-0.3, -0.25) is 9.97 Å². The number of hydrogen-bond donors (Lipinski definition) is 0. The quantitative estimate of drug-likeness (QED) is 0.150. The molecule has 6 heterocycles. The Morgan fingerprint density at radius 2 is 1.43 bits per heavy atom. The Balaban J connectivity index is 1.12. The van der Waals surface area contributed by atoms with Crippen LogP contribution in [0.5, 0.6) is 0 Å². The molecule has 12 heteroatoms. The number of fused-ring (bicyclic) bond motifs is 2. The van der Waals surface area contributed by atoms with Gasteiger partial charge >= 0.3 is 0 Å². The van der Waals surface area contributed by atoms with Gasteiger partial charge in [-0.25, -0.2) is 17.6 Å². The largest absolute Gasteiger partial charge is 0.361 e. The van der Waals surface area contributed by atoms with E-state index in [9.17, 15) is 17.6 Å². The fourth-order valence-electron chi connectivity index (χ4n) is 7.84. The molecule has 0 amide bonds. The topological polar surface area (TPSA) is 87.7 Å². The number of aromatic nitrogens is 6. The van der Waals surface area contributed by atoms with E-state index in [1.807, 2.05) is 38.4 Å². The lowest BCUT2D eigenvalue weighted by molar-refractivity contribution is -0.0477. The SMILES string of the molecule is Cc1noc(C)c1-c1cnc2cc(Cc3oncc3-c3cnc4ccn(CC5CCC(F)(F)CC5)c4c3)n(CC3CCC(F)(F)CC3)c2c1. The summed E-state index contributed by atoms with van der Waals surface area (Å²) in [5.41, 5.74) is 8.62. The molecule has 0 unspecified atom stereocenters. The van der Waals surface area contributed by atoms with Gasteiger partial charge in [-0.15, -0.1) is 0 Å². The predicted octanol–water partition coefficient (Wildman–Crippen LogP) is 9.55. The van der Waals surface area contributed by atoms with Crippen molar-refractivity contribution >= 4 is 22.1 Å². The molecule has 8 rings (SSSR count). The molecule has 8 nitrogen and oxygen atoms in total. The number of pyridine rings is 2. The minimum absolute atomic E-state index is 0.0645. The van der Waals surface area contributed by atoms with Crippen LogP contribution in [0, 0.1) is 25.7 Å². The second kappa shape index (κ2) is 12.1. The summed E-state index contributed by atoms with van der Waals surface area (Å²) < 4.78 is 71.3. The van der Waals surface area contributed by atoms with Gasteiger partial charge in [0.15, 0.2) is 0 Å². The van der Waals surface area contributed by atoms with Crippen LogP contribution in [-0.4, -0.2) is 41.3 Å². The fourth-order valence-corrected chi connectivity index (χ4v) is 7.84. The first-order chi connectivity index (χ1) is 23.5. The minimum Gasteiger partial charge on any atom is -0.361 e. The molecule has 256 valence electrons. The third-order valence-corrected chi connectivity index (χ3v) is 10.6. The maximum atomic E-state index is 14.1. The van der Waals surface area contributed by atoms with Crippen molar-refractivity contribution in [1.82, 2.24) is 29.4 Å². The highest BCUT2D eigenvalue weighted by molar-refractivity contribution is 5.84. The van der Waals surface area contributed by atoms with E-state index in [0.29, 0.717) is 56.7 Å². The van der Waals surface area contributed by atoms with Gasteiger partial charge in [0, 0.05) is 91.7 Å². The van der Waals surface area contributed by atoms with E-state index in [-0.39, 0.29) is 37.5 Å². The predicted molar refractivity (Wildman–Crippen MR) is 177 cm³/mol. The van der Waals surface area contributed by atoms with Crippen LogP contribution in [0.3, 0.4) is 0 Å². The third-order valence-electron chi connectivity index (χ3n) is 10.6. The number of rotatable bonds is 8. The van der Waals surface area contributed by atoms with Crippen molar-refractivity contribution in [3.8, 4) is 22.3 Å². The van der Waals surface area contributed by atoms with E-state index in [1.54, 1.807) is 12.4 Å². The Morgan fingerprint density at radius 1 is 0.776 bits per heavy atom. The van der Waals surface area contributed by atoms with E-state index in [4.69, 9.17) is 19.0 Å². The van der Waals surface area contributed by atoms with Crippen LogP contribution >= 0.6 is 0 Å². The lowest BCUT2D eigenvalue weighted by Gasteiger charge is -2.29. The molecule has 2 saturated carbocycles. The van der Waals surface area contributed by atoms with Gasteiger partial charge in [0.05, 0.1) is 34.0 Å². The Kier molecular flexibility index (Phi) is 7.87. The van der Waals surface area contributed by atoms with Gasteiger partial charge in [-0.1, -0.05) is 10.3 Å². The van der Waals surface area contributed by atoms with Gasteiger partial charge in [-0.2, -0.15) is 0 Å². The van der Waals surface area contributed by atoms with Crippen molar-refractivity contribution in [3.05, 3.63) is 72.0 Å². The van der Waals surface area contributed by atoms with Crippen molar-refractivity contribution in [2.24, 2.45) is 11.8 Å². The summed E-state index contributed by atoms with van der Waals surface area (Å²) in [6, 6.07) is 8.13. The Morgan fingerprint density at radius 3 is 2.12 bits per heavy atom. The van der Waals surface area contributed by atoms with Crippen LogP contribution < -0.4 is 0 Å². The minimum atomic E-state index is -2.61. The number of nitrogens with zero attached hydrogens (tertiary/aromatic N) is 6. The molecule has 0 bridgehead atoms. The normalized spacial score (nSPS) is 18.6. The molecule has 2 fully saturated rings. The maximum absolute atomic E-state index is 14.1. The summed E-state index contributed by atoms with van der Waals surface area (Å²) in [5, 5.41) is 8.29. The maximum Gasteiger partial charge on any atom is 0.248 e. The molecule has 49 heavy (non-hydrogen) atoms. The van der Waals surface area contributed by atoms with Crippen molar-refractivity contribution < 1.29 is 26.6 Å². The zero-order chi connectivity index (χ0) is 33.9. The average Bonchev–Trinajstić information content (AvgIpc) is 3.85. The highest BCUT2D eigenvalue weighted by Gasteiger charge is 2.36. The van der Waals surface area contributed by atoms with Crippen LogP contribution in [0.15, 0.2) is 58.1 Å². The Labute approximate surface area is 280 Å². The first kappa shape index (κ1) is 31.8. The smallest absolute Gasteiger partial charge is 0.248 e. The first-order valence-corrected chi connectivity index (χ1v) is 17.1. The lowest BCUT2D eigenvalue weighted by Crippen LogP contribution is -2.27. The number of alkyl halides is 4. The van der Waals surface area contributed by atoms with Crippen LogP contribution in [0.1, 0.15) is 74.3 Å². The molecule has 0 aliphatic heterocycles. The number of halogens is 4. The fraction of sp³-hybridized carbons (Fsp3) is 0.459. The highest BCUT2D eigenvalue weighted by atomic mass is 19.3. The molecule has 6 aromatic rings. The molecular formula is C37H38F4N6O2. The highest BCUT2D eigenvalue weighted by Crippen LogP contribution is 2.40. The zero-order valence-corrected chi connectivity index (χ0v) is 27.6. The van der Waals surface area contributed by atoms with Crippen molar-refractivity contribution in [3.63, 3.8) is 0 Å². The molecule has 0 atom stereocenters. The van der Waals surface area contributed by atoms with Crippen molar-refractivity contribution in [2.45, 2.75) is 96.6 Å². The van der Waals surface area contributed by atoms with Crippen LogP contribution in [0.4, 0.5) is 17.6 Å². The van der Waals surface area contributed by atoms with Gasteiger partial charge < -0.3 is 18.2 Å². The zero-order valence-electron chi connectivity index (χ0n) is 27.6. The van der Waals surface area contributed by atoms with Crippen LogP contribution in [0.2, 0.25) is 0 Å². The molecule has 6 aromatic heterocycles. The molecule has 0 radical (unpaired) electrons. The van der Waals surface area contributed by atoms with Crippen LogP contribution in [0.25, 0.3) is 44.3 Å².